The maximum absolute atomic E-state index is 6.03. The number of nitrogens with zero attached hydrogens (tertiary/aromatic N) is 2. The van der Waals surface area contributed by atoms with Crippen LogP contribution in [0.15, 0.2) is 104 Å². The summed E-state index contributed by atoms with van der Waals surface area (Å²) in [6, 6.07) is 28.6. The van der Waals surface area contributed by atoms with E-state index in [0.717, 1.165) is 33.8 Å². The van der Waals surface area contributed by atoms with Crippen LogP contribution in [0.3, 0.4) is 0 Å². The van der Waals surface area contributed by atoms with Crippen LogP contribution < -0.4 is 4.74 Å². The monoisotopic (exact) mass is 438 g/mol. The van der Waals surface area contributed by atoms with Crippen LogP contribution in [-0.4, -0.2) is 15.3 Å². The molecule has 5 rings (SSSR count). The summed E-state index contributed by atoms with van der Waals surface area (Å²) < 4.78 is 19.7. The summed E-state index contributed by atoms with van der Waals surface area (Å²) >= 11 is 0. The number of imidazole rings is 1. The lowest BCUT2D eigenvalue weighted by atomic mass is 10.0. The lowest BCUT2D eigenvalue weighted by molar-refractivity contribution is -0.124. The van der Waals surface area contributed by atoms with E-state index in [0.29, 0.717) is 19.6 Å². The molecular weight excluding hydrogens is 412 g/mol. The Balaban J connectivity index is 1.39. The number of aromatic nitrogens is 2. The van der Waals surface area contributed by atoms with Gasteiger partial charge in [-0.25, -0.2) is 4.98 Å². The molecule has 0 saturated carbocycles. The van der Waals surface area contributed by atoms with Crippen LogP contribution in [0.2, 0.25) is 0 Å². The van der Waals surface area contributed by atoms with Crippen molar-refractivity contribution in [2.24, 2.45) is 0 Å². The summed E-state index contributed by atoms with van der Waals surface area (Å²) in [6.07, 6.45) is 5.64. The van der Waals surface area contributed by atoms with Crippen LogP contribution in [0.1, 0.15) is 23.7 Å². The van der Waals surface area contributed by atoms with Gasteiger partial charge in [-0.2, -0.15) is 0 Å². The zero-order chi connectivity index (χ0) is 22.5. The molecule has 0 N–H and O–H groups in total. The average molecular weight is 439 g/mol. The average Bonchev–Trinajstić information content (AvgIpc) is 3.46. The molecule has 4 aromatic rings. The first-order valence-corrected chi connectivity index (χ1v) is 11.0. The topological polar surface area (TPSA) is 45.5 Å². The molecule has 0 aliphatic carbocycles. The zero-order valence-corrected chi connectivity index (χ0v) is 18.6. The van der Waals surface area contributed by atoms with Crippen molar-refractivity contribution in [1.29, 1.82) is 0 Å². The van der Waals surface area contributed by atoms with E-state index >= 15 is 0 Å². The Hall–Kier alpha value is -3.99. The number of hydrogen-bond donors (Lipinski definition) is 0. The van der Waals surface area contributed by atoms with E-state index in [-0.39, 0.29) is 0 Å². The van der Waals surface area contributed by atoms with Gasteiger partial charge in [0.2, 0.25) is 0 Å². The van der Waals surface area contributed by atoms with Gasteiger partial charge >= 0.3 is 0 Å². The third-order valence-electron chi connectivity index (χ3n) is 5.67. The van der Waals surface area contributed by atoms with Crippen molar-refractivity contribution in [3.8, 4) is 17.0 Å². The lowest BCUT2D eigenvalue weighted by Gasteiger charge is -2.24. The fourth-order valence-corrected chi connectivity index (χ4v) is 4.00. The second kappa shape index (κ2) is 9.25. The Bertz CT molecular complexity index is 1220. The molecule has 0 amide bonds. The highest BCUT2D eigenvalue weighted by atomic mass is 16.7. The predicted octanol–water partition coefficient (Wildman–Crippen LogP) is 5.95. The molecule has 0 radical (unpaired) electrons. The maximum Gasteiger partial charge on any atom is 0.252 e. The van der Waals surface area contributed by atoms with Crippen LogP contribution in [0.25, 0.3) is 11.3 Å². The van der Waals surface area contributed by atoms with Crippen molar-refractivity contribution in [2.45, 2.75) is 32.3 Å². The maximum atomic E-state index is 6.03. The summed E-state index contributed by atoms with van der Waals surface area (Å²) in [4.78, 5) is 4.75. The van der Waals surface area contributed by atoms with Gasteiger partial charge in [0.25, 0.3) is 5.79 Å². The molecule has 0 atom stereocenters. The standard InChI is InChI=1S/C28H26N2O3/c1-28(32-15-16-33-28)18-26-27(24-12-6-3-7-13-24)29-21-30(26)19-23-11-8-14-25(17-23)31-20-22-9-4-2-5-10-22/h2-17,21H,18-20H2,1H3. The molecule has 1 aliphatic rings. The third-order valence-corrected chi connectivity index (χ3v) is 5.67. The van der Waals surface area contributed by atoms with Crippen LogP contribution in [0, 0.1) is 0 Å². The van der Waals surface area contributed by atoms with Gasteiger partial charge in [-0.05, 0) is 23.3 Å². The van der Waals surface area contributed by atoms with E-state index in [1.54, 1.807) is 12.5 Å². The minimum atomic E-state index is -0.748. The van der Waals surface area contributed by atoms with Crippen molar-refractivity contribution < 1.29 is 14.2 Å². The van der Waals surface area contributed by atoms with Crippen molar-refractivity contribution in [1.82, 2.24) is 9.55 Å². The Labute approximate surface area is 193 Å². The van der Waals surface area contributed by atoms with E-state index in [4.69, 9.17) is 19.2 Å². The molecule has 0 bridgehead atoms. The van der Waals surface area contributed by atoms with Gasteiger partial charge in [0.1, 0.15) is 24.9 Å². The fraction of sp³-hybridized carbons (Fsp3) is 0.179. The Morgan fingerprint density at radius 2 is 1.55 bits per heavy atom. The Kier molecular flexibility index (Phi) is 5.85. The summed E-state index contributed by atoms with van der Waals surface area (Å²) in [7, 11) is 0. The molecule has 1 aliphatic heterocycles. The smallest absolute Gasteiger partial charge is 0.252 e. The first-order chi connectivity index (χ1) is 16.2. The van der Waals surface area contributed by atoms with Crippen LogP contribution in [0.5, 0.6) is 5.75 Å². The highest BCUT2D eigenvalue weighted by Gasteiger charge is 2.33. The third kappa shape index (κ3) is 4.93. The summed E-state index contributed by atoms with van der Waals surface area (Å²) in [5.74, 6) is 0.0991. The highest BCUT2D eigenvalue weighted by Crippen LogP contribution is 2.31. The normalized spacial score (nSPS) is 14.0. The van der Waals surface area contributed by atoms with Crippen molar-refractivity contribution in [2.75, 3.05) is 0 Å². The Morgan fingerprint density at radius 3 is 2.30 bits per heavy atom. The first-order valence-electron chi connectivity index (χ1n) is 11.0. The van der Waals surface area contributed by atoms with Gasteiger partial charge in [0, 0.05) is 19.0 Å². The minimum Gasteiger partial charge on any atom is -0.489 e. The first kappa shape index (κ1) is 20.9. The second-order valence-corrected chi connectivity index (χ2v) is 8.27. The van der Waals surface area contributed by atoms with E-state index < -0.39 is 5.79 Å². The van der Waals surface area contributed by atoms with Gasteiger partial charge in [-0.3, -0.25) is 0 Å². The van der Waals surface area contributed by atoms with Gasteiger partial charge in [-0.15, -0.1) is 0 Å². The molecule has 3 aromatic carbocycles. The molecule has 166 valence electrons. The lowest BCUT2D eigenvalue weighted by Crippen LogP contribution is -2.29. The molecule has 0 saturated heterocycles. The van der Waals surface area contributed by atoms with Crippen LogP contribution in [0.4, 0.5) is 0 Å². The second-order valence-electron chi connectivity index (χ2n) is 8.27. The SMILES string of the molecule is CC1(Cc2c(-c3ccccc3)ncn2Cc2cccc(OCc3ccccc3)c2)OC=CO1. The van der Waals surface area contributed by atoms with Crippen molar-refractivity contribution in [3.05, 3.63) is 121 Å². The van der Waals surface area contributed by atoms with Crippen LogP contribution in [-0.2, 0) is 29.0 Å². The van der Waals surface area contributed by atoms with Gasteiger partial charge in [0.05, 0.1) is 24.1 Å². The zero-order valence-electron chi connectivity index (χ0n) is 18.6. The number of ether oxygens (including phenoxy) is 3. The quantitative estimate of drug-likeness (QED) is 0.341. The summed E-state index contributed by atoms with van der Waals surface area (Å²) in [5.41, 5.74) is 5.34. The highest BCUT2D eigenvalue weighted by molar-refractivity contribution is 5.62. The van der Waals surface area contributed by atoms with Gasteiger partial charge < -0.3 is 18.8 Å². The molecule has 5 heteroatoms. The molecule has 5 nitrogen and oxygen atoms in total. The molecule has 0 spiro atoms. The van der Waals surface area contributed by atoms with Crippen molar-refractivity contribution in [3.63, 3.8) is 0 Å². The van der Waals surface area contributed by atoms with E-state index in [1.165, 1.54) is 0 Å². The number of rotatable bonds is 8. The summed E-state index contributed by atoms with van der Waals surface area (Å²) in [5, 5.41) is 0. The van der Waals surface area contributed by atoms with E-state index in [9.17, 15) is 0 Å². The molecule has 33 heavy (non-hydrogen) atoms. The minimum absolute atomic E-state index is 0.540. The van der Waals surface area contributed by atoms with E-state index in [2.05, 4.69) is 41.0 Å². The molecule has 1 aromatic heterocycles. The number of hydrogen-bond acceptors (Lipinski definition) is 4. The van der Waals surface area contributed by atoms with E-state index in [1.807, 2.05) is 61.8 Å². The molecular formula is C28H26N2O3. The Morgan fingerprint density at radius 1 is 0.848 bits per heavy atom. The van der Waals surface area contributed by atoms with Crippen molar-refractivity contribution >= 4 is 0 Å². The number of benzene rings is 3. The molecule has 0 unspecified atom stereocenters. The predicted molar refractivity (Wildman–Crippen MR) is 127 cm³/mol. The largest absolute Gasteiger partial charge is 0.489 e. The van der Waals surface area contributed by atoms with Gasteiger partial charge in [0.15, 0.2) is 0 Å². The molecule has 2 heterocycles. The van der Waals surface area contributed by atoms with Gasteiger partial charge in [-0.1, -0.05) is 72.8 Å². The summed E-state index contributed by atoms with van der Waals surface area (Å²) in [6.45, 7) is 3.15. The molecule has 0 fully saturated rings. The van der Waals surface area contributed by atoms with Crippen LogP contribution >= 0.6 is 0 Å². The fourth-order valence-electron chi connectivity index (χ4n) is 4.00.